The molecule has 1 amide bonds. The summed E-state index contributed by atoms with van der Waals surface area (Å²) in [6, 6.07) is 11.2. The second-order valence-electron chi connectivity index (χ2n) is 6.35. The highest BCUT2D eigenvalue weighted by atomic mass is 19.4. The summed E-state index contributed by atoms with van der Waals surface area (Å²) in [5.74, 6) is -0.777. The van der Waals surface area contributed by atoms with Crippen molar-refractivity contribution in [2.45, 2.75) is 25.1 Å². The molecule has 2 nitrogen and oxygen atoms in total. The molecule has 0 bridgehead atoms. The molecule has 0 heterocycles. The molecule has 1 aliphatic carbocycles. The highest BCUT2D eigenvalue weighted by Gasteiger charge is 2.45. The first-order valence-electron chi connectivity index (χ1n) is 7.93. The van der Waals surface area contributed by atoms with Crippen molar-refractivity contribution in [3.63, 3.8) is 0 Å². The summed E-state index contributed by atoms with van der Waals surface area (Å²) >= 11 is 0. The molecule has 3 rings (SSSR count). The van der Waals surface area contributed by atoms with Gasteiger partial charge in [0.2, 0.25) is 5.91 Å². The number of hydrogen-bond donors (Lipinski definition) is 0. The molecule has 0 aliphatic heterocycles. The average molecular weight is 351 g/mol. The van der Waals surface area contributed by atoms with Crippen molar-refractivity contribution in [1.29, 1.82) is 0 Å². The third kappa shape index (κ3) is 3.83. The van der Waals surface area contributed by atoms with Gasteiger partial charge in [0.25, 0.3) is 0 Å². The fourth-order valence-corrected chi connectivity index (χ4v) is 3.10. The molecular weight excluding hydrogens is 334 g/mol. The minimum Gasteiger partial charge on any atom is -0.341 e. The van der Waals surface area contributed by atoms with E-state index in [9.17, 15) is 22.4 Å². The van der Waals surface area contributed by atoms with E-state index in [1.165, 1.54) is 42.3 Å². The summed E-state index contributed by atoms with van der Waals surface area (Å²) in [6.45, 7) is -0.0961. The minimum absolute atomic E-state index is 0.00779. The quantitative estimate of drug-likeness (QED) is 0.737. The van der Waals surface area contributed by atoms with Gasteiger partial charge in [0.05, 0.1) is 5.56 Å². The van der Waals surface area contributed by atoms with Crippen LogP contribution in [0.2, 0.25) is 0 Å². The van der Waals surface area contributed by atoms with Crippen LogP contribution >= 0.6 is 0 Å². The zero-order valence-electron chi connectivity index (χ0n) is 13.6. The summed E-state index contributed by atoms with van der Waals surface area (Å²) in [7, 11) is 1.51. The topological polar surface area (TPSA) is 20.3 Å². The summed E-state index contributed by atoms with van der Waals surface area (Å²) in [5.41, 5.74) is 0.231. The first-order chi connectivity index (χ1) is 11.8. The smallest absolute Gasteiger partial charge is 0.341 e. The molecule has 0 saturated heterocycles. The zero-order valence-corrected chi connectivity index (χ0v) is 13.6. The van der Waals surface area contributed by atoms with Gasteiger partial charge in [-0.1, -0.05) is 30.3 Å². The Bertz CT molecular complexity index is 770. The lowest BCUT2D eigenvalue weighted by Crippen LogP contribution is -2.29. The summed E-state index contributed by atoms with van der Waals surface area (Å²) < 4.78 is 52.1. The maximum absolute atomic E-state index is 13.1. The Kier molecular flexibility index (Phi) is 4.54. The van der Waals surface area contributed by atoms with Crippen molar-refractivity contribution >= 4 is 5.91 Å². The van der Waals surface area contributed by atoms with E-state index in [4.69, 9.17) is 0 Å². The van der Waals surface area contributed by atoms with Gasteiger partial charge in [-0.2, -0.15) is 13.2 Å². The van der Waals surface area contributed by atoms with Crippen molar-refractivity contribution in [1.82, 2.24) is 4.90 Å². The van der Waals surface area contributed by atoms with Crippen LogP contribution in [0.25, 0.3) is 0 Å². The van der Waals surface area contributed by atoms with Gasteiger partial charge < -0.3 is 4.90 Å². The Morgan fingerprint density at radius 1 is 1.12 bits per heavy atom. The maximum Gasteiger partial charge on any atom is 0.416 e. The first-order valence-corrected chi connectivity index (χ1v) is 7.93. The van der Waals surface area contributed by atoms with Crippen LogP contribution in [0, 0.1) is 11.7 Å². The first kappa shape index (κ1) is 17.5. The van der Waals surface area contributed by atoms with Gasteiger partial charge in [-0.3, -0.25) is 4.79 Å². The highest BCUT2D eigenvalue weighted by molar-refractivity contribution is 5.82. The molecule has 2 unspecified atom stereocenters. The maximum atomic E-state index is 13.1. The second kappa shape index (κ2) is 6.50. The van der Waals surface area contributed by atoms with E-state index < -0.39 is 11.7 Å². The predicted molar refractivity (Wildman–Crippen MR) is 85.2 cm³/mol. The van der Waals surface area contributed by atoms with Crippen LogP contribution in [-0.2, 0) is 17.5 Å². The summed E-state index contributed by atoms with van der Waals surface area (Å²) in [5, 5.41) is 0. The van der Waals surface area contributed by atoms with Gasteiger partial charge in [-0.15, -0.1) is 0 Å². The molecule has 2 atom stereocenters. The molecule has 1 fully saturated rings. The van der Waals surface area contributed by atoms with Gasteiger partial charge in [-0.05, 0) is 41.7 Å². The van der Waals surface area contributed by atoms with Crippen LogP contribution in [0.1, 0.15) is 29.0 Å². The van der Waals surface area contributed by atoms with E-state index in [0.717, 1.165) is 11.6 Å². The van der Waals surface area contributed by atoms with Crippen LogP contribution in [-0.4, -0.2) is 17.9 Å². The number of halogens is 4. The molecule has 0 spiro atoms. The van der Waals surface area contributed by atoms with E-state index in [0.29, 0.717) is 6.42 Å². The summed E-state index contributed by atoms with van der Waals surface area (Å²) in [4.78, 5) is 13.8. The van der Waals surface area contributed by atoms with E-state index >= 15 is 0 Å². The second-order valence-corrected chi connectivity index (χ2v) is 6.35. The highest BCUT2D eigenvalue weighted by Crippen LogP contribution is 2.48. The Hall–Kier alpha value is -2.37. The number of alkyl halides is 3. The Balaban J connectivity index is 1.68. The number of carbonyl (C=O) groups excluding carboxylic acids is 1. The lowest BCUT2D eigenvalue weighted by atomic mass is 10.1. The SMILES string of the molecule is CN(Cc1ccccc1C(F)(F)F)C(=O)C1CC1c1ccc(F)cc1. The Morgan fingerprint density at radius 3 is 2.40 bits per heavy atom. The molecule has 6 heteroatoms. The van der Waals surface area contributed by atoms with Crippen molar-refractivity contribution < 1.29 is 22.4 Å². The average Bonchev–Trinajstić information content (AvgIpc) is 3.35. The van der Waals surface area contributed by atoms with E-state index in [1.807, 2.05) is 0 Å². The fourth-order valence-electron chi connectivity index (χ4n) is 3.10. The van der Waals surface area contributed by atoms with E-state index in [2.05, 4.69) is 0 Å². The number of nitrogens with zero attached hydrogens (tertiary/aromatic N) is 1. The zero-order chi connectivity index (χ0) is 18.2. The number of rotatable bonds is 4. The molecule has 1 saturated carbocycles. The van der Waals surface area contributed by atoms with Gasteiger partial charge in [0, 0.05) is 19.5 Å². The third-order valence-corrected chi connectivity index (χ3v) is 4.51. The lowest BCUT2D eigenvalue weighted by Gasteiger charge is -2.20. The molecule has 1 aliphatic rings. The van der Waals surface area contributed by atoms with Crippen LogP contribution < -0.4 is 0 Å². The monoisotopic (exact) mass is 351 g/mol. The predicted octanol–water partition coefficient (Wildman–Crippen LogP) is 4.61. The van der Waals surface area contributed by atoms with Gasteiger partial charge in [0.15, 0.2) is 0 Å². The van der Waals surface area contributed by atoms with E-state index in [1.54, 1.807) is 12.1 Å². The van der Waals surface area contributed by atoms with Crippen LogP contribution in [0.15, 0.2) is 48.5 Å². The minimum atomic E-state index is -4.45. The summed E-state index contributed by atoms with van der Waals surface area (Å²) in [6.07, 6.45) is -3.81. The van der Waals surface area contributed by atoms with E-state index in [-0.39, 0.29) is 35.7 Å². The molecule has 132 valence electrons. The fraction of sp³-hybridized carbons (Fsp3) is 0.316. The molecule has 25 heavy (non-hydrogen) atoms. The van der Waals surface area contributed by atoms with Crippen molar-refractivity contribution in [3.8, 4) is 0 Å². The van der Waals surface area contributed by atoms with Crippen LogP contribution in [0.5, 0.6) is 0 Å². The number of benzene rings is 2. The van der Waals surface area contributed by atoms with Gasteiger partial charge >= 0.3 is 6.18 Å². The van der Waals surface area contributed by atoms with Crippen molar-refractivity contribution in [3.05, 3.63) is 71.0 Å². The van der Waals surface area contributed by atoms with Gasteiger partial charge in [-0.25, -0.2) is 4.39 Å². The normalized spacial score (nSPS) is 19.6. The standard InChI is InChI=1S/C19H17F4NO/c1-24(11-13-4-2-3-5-17(13)19(21,22)23)18(25)16-10-15(16)12-6-8-14(20)9-7-12/h2-9,15-16H,10-11H2,1H3. The Morgan fingerprint density at radius 2 is 1.76 bits per heavy atom. The molecule has 0 radical (unpaired) electrons. The molecule has 2 aromatic carbocycles. The van der Waals surface area contributed by atoms with Gasteiger partial charge in [0.1, 0.15) is 5.82 Å². The number of amides is 1. The van der Waals surface area contributed by atoms with Crippen LogP contribution in [0.3, 0.4) is 0 Å². The van der Waals surface area contributed by atoms with Crippen molar-refractivity contribution in [2.75, 3.05) is 7.05 Å². The van der Waals surface area contributed by atoms with Crippen LogP contribution in [0.4, 0.5) is 17.6 Å². The molecule has 2 aromatic rings. The molecular formula is C19H17F4NO. The largest absolute Gasteiger partial charge is 0.416 e. The Labute approximate surface area is 143 Å². The molecule has 0 aromatic heterocycles. The lowest BCUT2D eigenvalue weighted by molar-refractivity contribution is -0.139. The number of hydrogen-bond acceptors (Lipinski definition) is 1. The molecule has 0 N–H and O–H groups in total. The third-order valence-electron chi connectivity index (χ3n) is 4.51. The number of carbonyl (C=O) groups is 1. The van der Waals surface area contributed by atoms with Crippen molar-refractivity contribution in [2.24, 2.45) is 5.92 Å².